The summed E-state index contributed by atoms with van der Waals surface area (Å²) in [5, 5.41) is 10.3. The van der Waals surface area contributed by atoms with Crippen LogP contribution in [0.4, 0.5) is 8.78 Å². The minimum absolute atomic E-state index is 0.232. The fourth-order valence-corrected chi connectivity index (χ4v) is 2.71. The topological polar surface area (TPSA) is 32.7 Å². The number of nitrogens with zero attached hydrogens (tertiary/aromatic N) is 1. The highest BCUT2D eigenvalue weighted by atomic mass is 19.1. The molecule has 2 aromatic rings. The molecule has 0 unspecified atom stereocenters. The second-order valence-electron chi connectivity index (χ2n) is 6.98. The molecule has 0 aliphatic carbocycles. The third kappa shape index (κ3) is 7.20. The van der Waals surface area contributed by atoms with Crippen LogP contribution >= 0.6 is 0 Å². The smallest absolute Gasteiger partial charge is 0.130 e. The third-order valence-corrected chi connectivity index (χ3v) is 3.89. The lowest BCUT2D eigenvalue weighted by Gasteiger charge is -2.25. The normalized spacial score (nSPS) is 12.7. The van der Waals surface area contributed by atoms with Crippen molar-refractivity contribution in [3.63, 3.8) is 0 Å². The maximum absolute atomic E-state index is 14.0. The van der Waals surface area contributed by atoms with E-state index in [0.717, 1.165) is 11.6 Å². The molecule has 142 valence electrons. The molecule has 1 N–H and O–H groups in total. The van der Waals surface area contributed by atoms with Crippen molar-refractivity contribution in [2.24, 2.45) is 5.92 Å². The fourth-order valence-electron chi connectivity index (χ4n) is 2.71. The standard InChI is InChI=1S/C21H27F2NO2/c1-16(2)14-26-15-20(25)13-24(11-17-6-4-3-5-7-17)12-18-8-9-19(22)10-21(18)23/h3-10,16,20,25H,11-15H2,1-2H3/t20-/m0/s1. The molecule has 0 aliphatic heterocycles. The average Bonchev–Trinajstić information content (AvgIpc) is 2.58. The summed E-state index contributed by atoms with van der Waals surface area (Å²) in [6.07, 6.45) is -0.680. The maximum atomic E-state index is 14.0. The predicted molar refractivity (Wildman–Crippen MR) is 98.6 cm³/mol. The number of hydrogen-bond donors (Lipinski definition) is 1. The van der Waals surface area contributed by atoms with Gasteiger partial charge in [-0.2, -0.15) is 0 Å². The summed E-state index contributed by atoms with van der Waals surface area (Å²) < 4.78 is 32.7. The first kappa shape index (κ1) is 20.5. The fraction of sp³-hybridized carbons (Fsp3) is 0.429. The summed E-state index contributed by atoms with van der Waals surface area (Å²) in [4.78, 5) is 1.94. The summed E-state index contributed by atoms with van der Waals surface area (Å²) in [5.41, 5.74) is 1.46. The van der Waals surface area contributed by atoms with Crippen LogP contribution in [-0.4, -0.2) is 35.9 Å². The second-order valence-corrected chi connectivity index (χ2v) is 6.98. The molecule has 1 atom stereocenters. The molecular formula is C21H27F2NO2. The Balaban J connectivity index is 2.03. The van der Waals surface area contributed by atoms with Crippen molar-refractivity contribution in [1.82, 2.24) is 4.90 Å². The van der Waals surface area contributed by atoms with E-state index >= 15 is 0 Å². The van der Waals surface area contributed by atoms with E-state index in [1.165, 1.54) is 12.1 Å². The van der Waals surface area contributed by atoms with Gasteiger partial charge in [-0.1, -0.05) is 50.2 Å². The Kier molecular flexibility index (Phi) is 8.16. The van der Waals surface area contributed by atoms with E-state index in [2.05, 4.69) is 0 Å². The average molecular weight is 363 g/mol. The predicted octanol–water partition coefficient (Wildman–Crippen LogP) is 4.00. The molecule has 0 bridgehead atoms. The van der Waals surface area contributed by atoms with Crippen LogP contribution in [0.3, 0.4) is 0 Å². The van der Waals surface area contributed by atoms with Gasteiger partial charge in [0.1, 0.15) is 11.6 Å². The van der Waals surface area contributed by atoms with Crippen LogP contribution in [0, 0.1) is 17.6 Å². The molecule has 0 saturated carbocycles. The molecule has 5 heteroatoms. The van der Waals surface area contributed by atoms with Gasteiger partial charge < -0.3 is 9.84 Å². The Morgan fingerprint density at radius 2 is 1.73 bits per heavy atom. The van der Waals surface area contributed by atoms with Gasteiger partial charge in [-0.3, -0.25) is 4.90 Å². The van der Waals surface area contributed by atoms with Gasteiger partial charge in [0.2, 0.25) is 0 Å². The molecule has 2 rings (SSSR count). The van der Waals surface area contributed by atoms with E-state index in [1.807, 2.05) is 49.1 Å². The number of aliphatic hydroxyl groups excluding tert-OH is 1. The largest absolute Gasteiger partial charge is 0.389 e. The van der Waals surface area contributed by atoms with Crippen molar-refractivity contribution in [1.29, 1.82) is 0 Å². The van der Waals surface area contributed by atoms with Gasteiger partial charge in [0.15, 0.2) is 0 Å². The van der Waals surface area contributed by atoms with E-state index in [1.54, 1.807) is 0 Å². The Morgan fingerprint density at radius 1 is 1.00 bits per heavy atom. The van der Waals surface area contributed by atoms with Crippen LogP contribution in [0.25, 0.3) is 0 Å². The third-order valence-electron chi connectivity index (χ3n) is 3.89. The number of hydrogen-bond acceptors (Lipinski definition) is 3. The number of rotatable bonds is 10. The quantitative estimate of drug-likeness (QED) is 0.693. The summed E-state index contributed by atoms with van der Waals surface area (Å²) in [6.45, 7) is 6.08. The molecule has 0 aromatic heterocycles. The zero-order valence-corrected chi connectivity index (χ0v) is 15.4. The van der Waals surface area contributed by atoms with Crippen molar-refractivity contribution in [2.75, 3.05) is 19.8 Å². The highest BCUT2D eigenvalue weighted by Gasteiger charge is 2.15. The highest BCUT2D eigenvalue weighted by Crippen LogP contribution is 2.15. The van der Waals surface area contributed by atoms with Gasteiger partial charge in [-0.05, 0) is 17.5 Å². The SMILES string of the molecule is CC(C)COC[C@@H](O)CN(Cc1ccccc1)Cc1ccc(F)cc1F. The van der Waals surface area contributed by atoms with Crippen LogP contribution in [0.1, 0.15) is 25.0 Å². The molecule has 0 amide bonds. The number of ether oxygens (including phenoxy) is 1. The first-order valence-electron chi connectivity index (χ1n) is 8.90. The lowest BCUT2D eigenvalue weighted by molar-refractivity contribution is 0.00539. The molecule has 0 fully saturated rings. The number of benzene rings is 2. The molecular weight excluding hydrogens is 336 g/mol. The van der Waals surface area contributed by atoms with Gasteiger partial charge in [-0.25, -0.2) is 8.78 Å². The van der Waals surface area contributed by atoms with Gasteiger partial charge in [0, 0.05) is 37.9 Å². The lowest BCUT2D eigenvalue weighted by Crippen LogP contribution is -2.34. The van der Waals surface area contributed by atoms with Crippen molar-refractivity contribution < 1.29 is 18.6 Å². The van der Waals surface area contributed by atoms with Crippen molar-refractivity contribution in [3.8, 4) is 0 Å². The molecule has 0 spiro atoms. The first-order chi connectivity index (χ1) is 12.4. The lowest BCUT2D eigenvalue weighted by atomic mass is 10.1. The monoisotopic (exact) mass is 363 g/mol. The Morgan fingerprint density at radius 3 is 2.38 bits per heavy atom. The van der Waals surface area contributed by atoms with Crippen molar-refractivity contribution in [3.05, 3.63) is 71.3 Å². The molecule has 0 heterocycles. The zero-order chi connectivity index (χ0) is 18.9. The van der Waals surface area contributed by atoms with Gasteiger partial charge in [-0.15, -0.1) is 0 Å². The Bertz CT molecular complexity index is 664. The second kappa shape index (κ2) is 10.4. The summed E-state index contributed by atoms with van der Waals surface area (Å²) in [6, 6.07) is 13.4. The van der Waals surface area contributed by atoms with Crippen LogP contribution in [0.5, 0.6) is 0 Å². The van der Waals surface area contributed by atoms with Crippen LogP contribution in [-0.2, 0) is 17.8 Å². The molecule has 0 aliphatic rings. The number of halogens is 2. The van der Waals surface area contributed by atoms with E-state index in [0.29, 0.717) is 31.2 Å². The van der Waals surface area contributed by atoms with Crippen LogP contribution < -0.4 is 0 Å². The number of aliphatic hydroxyl groups is 1. The zero-order valence-electron chi connectivity index (χ0n) is 15.4. The van der Waals surface area contributed by atoms with E-state index in [-0.39, 0.29) is 13.2 Å². The summed E-state index contributed by atoms with van der Waals surface area (Å²) >= 11 is 0. The van der Waals surface area contributed by atoms with E-state index < -0.39 is 17.7 Å². The molecule has 26 heavy (non-hydrogen) atoms. The van der Waals surface area contributed by atoms with Crippen LogP contribution in [0.2, 0.25) is 0 Å². The maximum Gasteiger partial charge on any atom is 0.130 e. The van der Waals surface area contributed by atoms with Crippen molar-refractivity contribution >= 4 is 0 Å². The van der Waals surface area contributed by atoms with Crippen LogP contribution in [0.15, 0.2) is 48.5 Å². The Hall–Kier alpha value is -1.82. The summed E-state index contributed by atoms with van der Waals surface area (Å²) in [7, 11) is 0. The minimum Gasteiger partial charge on any atom is -0.389 e. The molecule has 2 aromatic carbocycles. The van der Waals surface area contributed by atoms with Gasteiger partial charge in [0.05, 0.1) is 12.7 Å². The van der Waals surface area contributed by atoms with Gasteiger partial charge in [0.25, 0.3) is 0 Å². The highest BCUT2D eigenvalue weighted by molar-refractivity contribution is 5.19. The van der Waals surface area contributed by atoms with Gasteiger partial charge >= 0.3 is 0 Å². The minimum atomic E-state index is -0.680. The molecule has 0 saturated heterocycles. The molecule has 0 radical (unpaired) electrons. The Labute approximate surface area is 154 Å². The van der Waals surface area contributed by atoms with Crippen molar-refractivity contribution in [2.45, 2.75) is 33.0 Å². The van der Waals surface area contributed by atoms with E-state index in [9.17, 15) is 13.9 Å². The summed E-state index contributed by atoms with van der Waals surface area (Å²) in [5.74, 6) is -0.771. The first-order valence-corrected chi connectivity index (χ1v) is 8.90. The molecule has 3 nitrogen and oxygen atoms in total. The van der Waals surface area contributed by atoms with E-state index in [4.69, 9.17) is 4.74 Å².